The smallest absolute Gasteiger partial charge is 0.321 e. The van der Waals surface area contributed by atoms with Crippen LogP contribution in [0.1, 0.15) is 28.0 Å². The highest BCUT2D eigenvalue weighted by molar-refractivity contribution is 6.11. The van der Waals surface area contributed by atoms with Gasteiger partial charge in [-0.1, -0.05) is 6.07 Å². The zero-order chi connectivity index (χ0) is 23.0. The van der Waals surface area contributed by atoms with Crippen LogP contribution >= 0.6 is 0 Å². The van der Waals surface area contributed by atoms with Crippen molar-refractivity contribution in [3.8, 4) is 11.1 Å². The van der Waals surface area contributed by atoms with Gasteiger partial charge in [0, 0.05) is 35.6 Å². The molecule has 33 heavy (non-hydrogen) atoms. The maximum absolute atomic E-state index is 12.8. The molecule has 4 aromatic rings. The zero-order valence-corrected chi connectivity index (χ0v) is 17.5. The molecule has 1 amide bonds. The number of aromatic amines is 1. The standard InChI is InChI=1S/C24H20F3N5O/c25-24(26,27)18-3-5-19(6-4-18)29-23(33)22-20-11-16(2-7-21(20)30-31-22)17-10-15(12-28-13-17)14-32-8-1-9-32/h2-7,10-13H,1,8-9,14H2,(H,29,33)(H,30,31). The van der Waals surface area contributed by atoms with Gasteiger partial charge in [-0.25, -0.2) is 0 Å². The normalized spacial score (nSPS) is 14.3. The average Bonchev–Trinajstić information content (AvgIpc) is 3.20. The molecule has 0 radical (unpaired) electrons. The van der Waals surface area contributed by atoms with Gasteiger partial charge in [-0.15, -0.1) is 0 Å². The molecule has 0 atom stereocenters. The molecular weight excluding hydrogens is 431 g/mol. The van der Waals surface area contributed by atoms with E-state index in [1.54, 1.807) is 6.20 Å². The first-order chi connectivity index (χ1) is 15.9. The number of aromatic nitrogens is 3. The molecule has 0 saturated carbocycles. The summed E-state index contributed by atoms with van der Waals surface area (Å²) in [7, 11) is 0. The van der Waals surface area contributed by atoms with Gasteiger partial charge in [-0.3, -0.25) is 19.8 Å². The summed E-state index contributed by atoms with van der Waals surface area (Å²) in [6.45, 7) is 3.06. The molecule has 2 aromatic heterocycles. The highest BCUT2D eigenvalue weighted by atomic mass is 19.4. The van der Waals surface area contributed by atoms with Crippen LogP contribution in [-0.2, 0) is 12.7 Å². The minimum atomic E-state index is -4.43. The fraction of sp³-hybridized carbons (Fsp3) is 0.208. The second kappa shape index (κ2) is 8.32. The Bertz CT molecular complexity index is 1310. The summed E-state index contributed by atoms with van der Waals surface area (Å²) < 4.78 is 38.3. The second-order valence-electron chi connectivity index (χ2n) is 8.07. The molecule has 0 bridgehead atoms. The fourth-order valence-electron chi connectivity index (χ4n) is 3.83. The number of alkyl halides is 3. The number of hydrogen-bond donors (Lipinski definition) is 2. The summed E-state index contributed by atoms with van der Waals surface area (Å²) in [5.74, 6) is -0.511. The van der Waals surface area contributed by atoms with Crippen LogP contribution in [0.4, 0.5) is 18.9 Å². The molecule has 2 N–H and O–H groups in total. The summed E-state index contributed by atoms with van der Waals surface area (Å²) in [5, 5.41) is 10.2. The average molecular weight is 451 g/mol. The lowest BCUT2D eigenvalue weighted by Crippen LogP contribution is -2.36. The van der Waals surface area contributed by atoms with Crippen molar-refractivity contribution in [1.29, 1.82) is 0 Å². The van der Waals surface area contributed by atoms with Gasteiger partial charge in [0.05, 0.1) is 11.1 Å². The predicted molar refractivity (Wildman–Crippen MR) is 119 cm³/mol. The Morgan fingerprint density at radius 1 is 1.03 bits per heavy atom. The van der Waals surface area contributed by atoms with Crippen LogP contribution in [0.5, 0.6) is 0 Å². The van der Waals surface area contributed by atoms with E-state index in [-0.39, 0.29) is 11.4 Å². The van der Waals surface area contributed by atoms with Crippen LogP contribution in [0.3, 0.4) is 0 Å². The number of H-pyrrole nitrogens is 1. The number of fused-ring (bicyclic) bond motifs is 1. The van der Waals surface area contributed by atoms with Crippen molar-refractivity contribution >= 4 is 22.5 Å². The van der Waals surface area contributed by atoms with E-state index in [4.69, 9.17) is 0 Å². The third kappa shape index (κ3) is 4.45. The Morgan fingerprint density at radius 3 is 2.52 bits per heavy atom. The van der Waals surface area contributed by atoms with Crippen molar-refractivity contribution in [2.45, 2.75) is 19.1 Å². The molecule has 6 nitrogen and oxygen atoms in total. The number of hydrogen-bond acceptors (Lipinski definition) is 4. The van der Waals surface area contributed by atoms with Crippen molar-refractivity contribution in [2.75, 3.05) is 18.4 Å². The van der Waals surface area contributed by atoms with Crippen LogP contribution in [0, 0.1) is 0 Å². The molecular formula is C24H20F3N5O. The summed E-state index contributed by atoms with van der Waals surface area (Å²) >= 11 is 0. The van der Waals surface area contributed by atoms with E-state index in [2.05, 4.69) is 31.5 Å². The van der Waals surface area contributed by atoms with Gasteiger partial charge in [0.25, 0.3) is 5.91 Å². The minimum Gasteiger partial charge on any atom is -0.321 e. The lowest BCUT2D eigenvalue weighted by Gasteiger charge is -2.30. The first-order valence-corrected chi connectivity index (χ1v) is 10.5. The van der Waals surface area contributed by atoms with E-state index in [0.717, 1.165) is 48.5 Å². The van der Waals surface area contributed by atoms with Crippen molar-refractivity contribution in [3.05, 3.63) is 77.7 Å². The van der Waals surface area contributed by atoms with Crippen molar-refractivity contribution in [1.82, 2.24) is 20.1 Å². The molecule has 2 aromatic carbocycles. The summed E-state index contributed by atoms with van der Waals surface area (Å²) in [6, 6.07) is 12.0. The highest BCUT2D eigenvalue weighted by Gasteiger charge is 2.30. The number of likely N-dealkylation sites (tertiary alicyclic amines) is 1. The molecule has 3 heterocycles. The number of nitrogens with one attached hydrogen (secondary N) is 2. The van der Waals surface area contributed by atoms with E-state index in [0.29, 0.717) is 10.9 Å². The highest BCUT2D eigenvalue weighted by Crippen LogP contribution is 2.30. The van der Waals surface area contributed by atoms with E-state index >= 15 is 0 Å². The first-order valence-electron chi connectivity index (χ1n) is 10.5. The zero-order valence-electron chi connectivity index (χ0n) is 17.5. The molecule has 1 aliphatic rings. The lowest BCUT2D eigenvalue weighted by molar-refractivity contribution is -0.137. The fourth-order valence-corrected chi connectivity index (χ4v) is 3.83. The molecule has 0 unspecified atom stereocenters. The van der Waals surface area contributed by atoms with Crippen LogP contribution < -0.4 is 5.32 Å². The van der Waals surface area contributed by atoms with Crippen molar-refractivity contribution < 1.29 is 18.0 Å². The van der Waals surface area contributed by atoms with E-state index in [9.17, 15) is 18.0 Å². The SMILES string of the molecule is O=C(Nc1ccc(C(F)(F)F)cc1)c1n[nH]c2ccc(-c3cncc(CN4CCC4)c3)cc12. The van der Waals surface area contributed by atoms with Gasteiger partial charge in [0.1, 0.15) is 0 Å². The quantitative estimate of drug-likeness (QED) is 0.443. The Kier molecular flexibility index (Phi) is 5.33. The largest absolute Gasteiger partial charge is 0.416 e. The second-order valence-corrected chi connectivity index (χ2v) is 8.07. The van der Waals surface area contributed by atoms with Crippen LogP contribution in [0.2, 0.25) is 0 Å². The molecule has 168 valence electrons. The number of benzene rings is 2. The summed E-state index contributed by atoms with van der Waals surface area (Å²) in [4.78, 5) is 19.5. The number of halogens is 3. The van der Waals surface area contributed by atoms with Gasteiger partial charge in [-0.2, -0.15) is 18.3 Å². The van der Waals surface area contributed by atoms with Crippen LogP contribution in [-0.4, -0.2) is 39.1 Å². The van der Waals surface area contributed by atoms with Crippen LogP contribution in [0.25, 0.3) is 22.0 Å². The molecule has 0 aliphatic carbocycles. The molecule has 0 spiro atoms. The van der Waals surface area contributed by atoms with Gasteiger partial charge in [0.2, 0.25) is 0 Å². The monoisotopic (exact) mass is 451 g/mol. The van der Waals surface area contributed by atoms with Gasteiger partial charge in [0.15, 0.2) is 5.69 Å². The Morgan fingerprint density at radius 2 is 1.82 bits per heavy atom. The van der Waals surface area contributed by atoms with Gasteiger partial charge in [-0.05, 0) is 73.1 Å². The predicted octanol–water partition coefficient (Wildman–Crippen LogP) is 5.10. The Balaban J connectivity index is 1.39. The maximum Gasteiger partial charge on any atom is 0.416 e. The molecule has 5 rings (SSSR count). The number of nitrogens with zero attached hydrogens (tertiary/aromatic N) is 3. The van der Waals surface area contributed by atoms with Crippen LogP contribution in [0.15, 0.2) is 60.9 Å². The van der Waals surface area contributed by atoms with E-state index < -0.39 is 17.6 Å². The van der Waals surface area contributed by atoms with Crippen molar-refractivity contribution in [3.63, 3.8) is 0 Å². The molecule has 1 fully saturated rings. The van der Waals surface area contributed by atoms with E-state index in [1.165, 1.54) is 18.6 Å². The third-order valence-electron chi connectivity index (χ3n) is 5.73. The number of anilines is 1. The van der Waals surface area contributed by atoms with Gasteiger partial charge >= 0.3 is 6.18 Å². The molecule has 1 aliphatic heterocycles. The number of carbonyl (C=O) groups is 1. The van der Waals surface area contributed by atoms with Crippen molar-refractivity contribution in [2.24, 2.45) is 0 Å². The molecule has 1 saturated heterocycles. The first kappa shape index (κ1) is 21.1. The lowest BCUT2D eigenvalue weighted by atomic mass is 10.0. The Labute approximate surface area is 187 Å². The number of pyridine rings is 1. The maximum atomic E-state index is 12.8. The topological polar surface area (TPSA) is 73.9 Å². The number of carbonyl (C=O) groups excluding carboxylic acids is 1. The number of rotatable bonds is 5. The minimum absolute atomic E-state index is 0.163. The summed E-state index contributed by atoms with van der Waals surface area (Å²) in [6.07, 6.45) is 0.435. The van der Waals surface area contributed by atoms with E-state index in [1.807, 2.05) is 24.4 Å². The summed E-state index contributed by atoms with van der Waals surface area (Å²) in [5.41, 5.74) is 3.27. The third-order valence-corrected chi connectivity index (χ3v) is 5.73. The molecule has 9 heteroatoms. The van der Waals surface area contributed by atoms with Gasteiger partial charge < -0.3 is 5.32 Å². The number of amides is 1. The Hall–Kier alpha value is -3.72.